The van der Waals surface area contributed by atoms with Crippen LogP contribution in [0.5, 0.6) is 0 Å². The van der Waals surface area contributed by atoms with Crippen molar-refractivity contribution < 1.29 is 13.2 Å². The van der Waals surface area contributed by atoms with Crippen LogP contribution < -0.4 is 0 Å². The lowest BCUT2D eigenvalue weighted by Crippen LogP contribution is -2.20. The van der Waals surface area contributed by atoms with Crippen LogP contribution in [0.25, 0.3) is 11.2 Å². The molecule has 4 nitrogen and oxygen atoms in total. The van der Waals surface area contributed by atoms with Gasteiger partial charge in [-0.3, -0.25) is 4.68 Å². The van der Waals surface area contributed by atoms with Crippen LogP contribution in [0.3, 0.4) is 0 Å². The van der Waals surface area contributed by atoms with E-state index in [9.17, 15) is 13.2 Å². The minimum absolute atomic E-state index is 0.226. The van der Waals surface area contributed by atoms with Gasteiger partial charge in [-0.05, 0) is 13.3 Å². The van der Waals surface area contributed by atoms with Crippen LogP contribution in [0.1, 0.15) is 37.2 Å². The maximum atomic E-state index is 12.8. The summed E-state index contributed by atoms with van der Waals surface area (Å²) in [5.41, 5.74) is 1.60. The van der Waals surface area contributed by atoms with Gasteiger partial charge in [-0.15, -0.1) is 11.6 Å². The Hall–Kier alpha value is -1.24. The predicted octanol–water partition coefficient (Wildman–Crippen LogP) is 3.58. The summed E-state index contributed by atoms with van der Waals surface area (Å²) in [4.78, 5) is 4.28. The molecule has 2 heterocycles. The van der Waals surface area contributed by atoms with Crippen molar-refractivity contribution in [3.63, 3.8) is 0 Å². The van der Waals surface area contributed by atoms with Crippen molar-refractivity contribution in [3.8, 4) is 0 Å². The normalized spacial score (nSPS) is 14.2. The molecular formula is C12H16ClF3N4. The van der Waals surface area contributed by atoms with Gasteiger partial charge in [0.05, 0.1) is 11.1 Å². The average Bonchev–Trinajstić information content (AvgIpc) is 2.78. The Labute approximate surface area is 119 Å². The molecule has 0 aromatic carbocycles. The fraction of sp³-hybridized carbons (Fsp3) is 0.667. The Balaban J connectivity index is 2.65. The molecule has 2 aromatic heterocycles. The quantitative estimate of drug-likeness (QED) is 0.809. The minimum Gasteiger partial charge on any atom is -0.302 e. The van der Waals surface area contributed by atoms with E-state index in [4.69, 9.17) is 11.6 Å². The summed E-state index contributed by atoms with van der Waals surface area (Å²) in [7, 11) is 1.62. The molecule has 0 saturated heterocycles. The van der Waals surface area contributed by atoms with Crippen LogP contribution in [0, 0.1) is 0 Å². The van der Waals surface area contributed by atoms with E-state index in [2.05, 4.69) is 10.1 Å². The Kier molecular flexibility index (Phi) is 4.00. The van der Waals surface area contributed by atoms with Crippen molar-refractivity contribution in [3.05, 3.63) is 11.5 Å². The number of halogens is 4. The van der Waals surface area contributed by atoms with Crippen LogP contribution in [0.4, 0.5) is 13.2 Å². The van der Waals surface area contributed by atoms with Crippen molar-refractivity contribution in [2.24, 2.45) is 7.05 Å². The summed E-state index contributed by atoms with van der Waals surface area (Å²) < 4.78 is 40.8. The van der Waals surface area contributed by atoms with E-state index in [1.807, 2.05) is 6.92 Å². The lowest BCUT2D eigenvalue weighted by atomic mass is 10.2. The lowest BCUT2D eigenvalue weighted by Gasteiger charge is -2.13. The van der Waals surface area contributed by atoms with Gasteiger partial charge in [0.25, 0.3) is 0 Å². The molecule has 1 atom stereocenters. The smallest absolute Gasteiger partial charge is 0.302 e. The number of aryl methyl sites for hydroxylation is 2. The first-order valence-corrected chi connectivity index (χ1v) is 6.81. The third kappa shape index (κ3) is 2.77. The highest BCUT2D eigenvalue weighted by Crippen LogP contribution is 2.30. The zero-order valence-electron chi connectivity index (χ0n) is 11.5. The first-order valence-electron chi connectivity index (χ1n) is 6.37. The van der Waals surface area contributed by atoms with Crippen molar-refractivity contribution in [1.82, 2.24) is 19.3 Å². The molecule has 2 aromatic rings. The van der Waals surface area contributed by atoms with Gasteiger partial charge >= 0.3 is 6.18 Å². The topological polar surface area (TPSA) is 35.6 Å². The number of imidazole rings is 1. The SMILES string of the molecule is CCCc1nn(C)c2c1nc(C(C)Cl)n2CC(F)(F)F. The molecule has 0 radical (unpaired) electrons. The highest BCUT2D eigenvalue weighted by molar-refractivity contribution is 6.20. The molecule has 112 valence electrons. The van der Waals surface area contributed by atoms with Gasteiger partial charge in [0, 0.05) is 7.05 Å². The number of rotatable bonds is 4. The first-order chi connectivity index (χ1) is 9.24. The molecule has 0 spiro atoms. The second-order valence-corrected chi connectivity index (χ2v) is 5.43. The highest BCUT2D eigenvalue weighted by Gasteiger charge is 2.32. The Bertz CT molecular complexity index is 612. The molecule has 0 fully saturated rings. The largest absolute Gasteiger partial charge is 0.406 e. The maximum Gasteiger partial charge on any atom is 0.406 e. The van der Waals surface area contributed by atoms with Gasteiger partial charge in [0.2, 0.25) is 0 Å². The van der Waals surface area contributed by atoms with Crippen molar-refractivity contribution in [2.45, 2.75) is 44.8 Å². The van der Waals surface area contributed by atoms with Crippen molar-refractivity contribution in [2.75, 3.05) is 0 Å². The highest BCUT2D eigenvalue weighted by atomic mass is 35.5. The third-order valence-electron chi connectivity index (χ3n) is 3.00. The Morgan fingerprint density at radius 3 is 2.50 bits per heavy atom. The zero-order valence-corrected chi connectivity index (χ0v) is 12.3. The van der Waals surface area contributed by atoms with E-state index in [0.29, 0.717) is 23.3 Å². The van der Waals surface area contributed by atoms with Crippen LogP contribution in [0.2, 0.25) is 0 Å². The van der Waals surface area contributed by atoms with Gasteiger partial charge in [-0.1, -0.05) is 13.3 Å². The molecular weight excluding hydrogens is 293 g/mol. The standard InChI is InChI=1S/C12H16ClF3N4/c1-4-5-8-9-11(19(3)18-8)20(6-12(14,15)16)10(17-9)7(2)13/h7H,4-6H2,1-3H3. The fourth-order valence-electron chi connectivity index (χ4n) is 2.30. The molecule has 2 rings (SSSR count). The van der Waals surface area contributed by atoms with Crippen molar-refractivity contribution >= 4 is 22.8 Å². The third-order valence-corrected chi connectivity index (χ3v) is 3.20. The average molecular weight is 309 g/mol. The summed E-state index contributed by atoms with van der Waals surface area (Å²) in [5, 5.41) is 3.66. The van der Waals surface area contributed by atoms with E-state index in [1.54, 1.807) is 14.0 Å². The molecule has 1 unspecified atom stereocenters. The number of aromatic nitrogens is 4. The fourth-order valence-corrected chi connectivity index (χ4v) is 2.47. The molecule has 0 aliphatic rings. The predicted molar refractivity (Wildman–Crippen MR) is 70.8 cm³/mol. The Morgan fingerprint density at radius 2 is 2.00 bits per heavy atom. The van der Waals surface area contributed by atoms with Gasteiger partial charge in [0.15, 0.2) is 5.65 Å². The molecule has 0 aliphatic heterocycles. The Morgan fingerprint density at radius 1 is 1.35 bits per heavy atom. The molecule has 0 bridgehead atoms. The monoisotopic (exact) mass is 308 g/mol. The van der Waals surface area contributed by atoms with Crippen LogP contribution in [-0.2, 0) is 20.0 Å². The summed E-state index contributed by atoms with van der Waals surface area (Å²) in [6.07, 6.45) is -2.80. The molecule has 0 amide bonds. The second kappa shape index (κ2) is 5.27. The minimum atomic E-state index is -4.33. The number of nitrogens with zero attached hydrogens (tertiary/aromatic N) is 4. The molecule has 20 heavy (non-hydrogen) atoms. The molecule has 8 heteroatoms. The zero-order chi connectivity index (χ0) is 15.1. The summed E-state index contributed by atoms with van der Waals surface area (Å²) in [5.74, 6) is 0.226. The van der Waals surface area contributed by atoms with E-state index in [1.165, 1.54) is 4.68 Å². The van der Waals surface area contributed by atoms with Crippen LogP contribution >= 0.6 is 11.6 Å². The number of alkyl halides is 4. The van der Waals surface area contributed by atoms with E-state index in [-0.39, 0.29) is 5.82 Å². The summed E-state index contributed by atoms with van der Waals surface area (Å²) in [6.45, 7) is 2.49. The number of hydrogen-bond donors (Lipinski definition) is 0. The van der Waals surface area contributed by atoms with Crippen LogP contribution in [-0.4, -0.2) is 25.5 Å². The first kappa shape index (κ1) is 15.2. The van der Waals surface area contributed by atoms with E-state index in [0.717, 1.165) is 11.0 Å². The van der Waals surface area contributed by atoms with Crippen LogP contribution in [0.15, 0.2) is 0 Å². The molecule has 0 saturated carbocycles. The number of hydrogen-bond acceptors (Lipinski definition) is 2. The van der Waals surface area contributed by atoms with E-state index >= 15 is 0 Å². The summed E-state index contributed by atoms with van der Waals surface area (Å²) >= 11 is 5.97. The van der Waals surface area contributed by atoms with E-state index < -0.39 is 18.1 Å². The van der Waals surface area contributed by atoms with Gasteiger partial charge in [0.1, 0.15) is 17.9 Å². The second-order valence-electron chi connectivity index (χ2n) is 4.78. The number of fused-ring (bicyclic) bond motifs is 1. The molecule has 0 N–H and O–H groups in total. The van der Waals surface area contributed by atoms with Crippen molar-refractivity contribution in [1.29, 1.82) is 0 Å². The maximum absolute atomic E-state index is 12.8. The van der Waals surface area contributed by atoms with Gasteiger partial charge < -0.3 is 4.57 Å². The lowest BCUT2D eigenvalue weighted by molar-refractivity contribution is -0.140. The van der Waals surface area contributed by atoms with Gasteiger partial charge in [-0.25, -0.2) is 4.98 Å². The van der Waals surface area contributed by atoms with Gasteiger partial charge in [-0.2, -0.15) is 18.3 Å². The molecule has 0 aliphatic carbocycles. The summed E-state index contributed by atoms with van der Waals surface area (Å²) in [6, 6.07) is 0.